The van der Waals surface area contributed by atoms with E-state index in [0.29, 0.717) is 5.75 Å². The van der Waals surface area contributed by atoms with Crippen molar-refractivity contribution in [3.63, 3.8) is 0 Å². The number of rotatable bonds is 9. The summed E-state index contributed by atoms with van der Waals surface area (Å²) < 4.78 is 2.01. The predicted octanol–water partition coefficient (Wildman–Crippen LogP) is 4.39. The van der Waals surface area contributed by atoms with Gasteiger partial charge in [0.2, 0.25) is 5.91 Å². The smallest absolute Gasteiger partial charge is 0.230 e. The van der Waals surface area contributed by atoms with Crippen LogP contribution in [0.3, 0.4) is 0 Å². The van der Waals surface area contributed by atoms with Crippen LogP contribution in [-0.2, 0) is 4.79 Å². The normalized spacial score (nSPS) is 10.8. The second kappa shape index (κ2) is 9.54. The Morgan fingerprint density at radius 1 is 1.15 bits per heavy atom. The molecule has 3 rings (SSSR count). The van der Waals surface area contributed by atoms with Crippen molar-refractivity contribution in [3.05, 3.63) is 47.8 Å². The molecule has 26 heavy (non-hydrogen) atoms. The van der Waals surface area contributed by atoms with Gasteiger partial charge in [0.05, 0.1) is 10.6 Å². The quantitative estimate of drug-likeness (QED) is 0.437. The van der Waals surface area contributed by atoms with Gasteiger partial charge in [-0.05, 0) is 30.0 Å². The number of hydrogen-bond donors (Lipinski definition) is 1. The summed E-state index contributed by atoms with van der Waals surface area (Å²) >= 11 is 3.04. The van der Waals surface area contributed by atoms with Crippen LogP contribution in [0.1, 0.15) is 26.2 Å². The molecule has 136 valence electrons. The van der Waals surface area contributed by atoms with Gasteiger partial charge in [0, 0.05) is 12.2 Å². The molecule has 0 fully saturated rings. The third-order valence-electron chi connectivity index (χ3n) is 3.82. The maximum atomic E-state index is 12.1. The first kappa shape index (κ1) is 18.7. The molecule has 1 aromatic carbocycles. The summed E-state index contributed by atoms with van der Waals surface area (Å²) in [4.78, 5) is 13.1. The monoisotopic (exact) mass is 386 g/mol. The van der Waals surface area contributed by atoms with E-state index in [0.717, 1.165) is 47.4 Å². The molecular formula is C19H22N4OS2. The minimum absolute atomic E-state index is 0.0337. The number of unbranched alkanes of at least 4 members (excludes halogenated alkanes) is 2. The van der Waals surface area contributed by atoms with Gasteiger partial charge >= 0.3 is 0 Å². The Hall–Kier alpha value is -2.12. The fourth-order valence-corrected chi connectivity index (χ4v) is 4.00. The number of para-hydroxylation sites is 1. The highest BCUT2D eigenvalue weighted by Crippen LogP contribution is 2.30. The van der Waals surface area contributed by atoms with Gasteiger partial charge in [0.25, 0.3) is 0 Å². The number of thiophene rings is 1. The maximum absolute atomic E-state index is 12.1. The summed E-state index contributed by atoms with van der Waals surface area (Å²) in [6.45, 7) is 2.89. The van der Waals surface area contributed by atoms with E-state index in [1.807, 2.05) is 52.4 Å². The summed E-state index contributed by atoms with van der Waals surface area (Å²) in [6, 6.07) is 14.0. The summed E-state index contributed by atoms with van der Waals surface area (Å²) in [5, 5.41) is 14.4. The lowest BCUT2D eigenvalue weighted by Gasteiger charge is -2.09. The van der Waals surface area contributed by atoms with Crippen molar-refractivity contribution >= 4 is 29.0 Å². The predicted molar refractivity (Wildman–Crippen MR) is 108 cm³/mol. The van der Waals surface area contributed by atoms with E-state index in [1.165, 1.54) is 11.8 Å². The van der Waals surface area contributed by atoms with Gasteiger partial charge in [-0.3, -0.25) is 9.36 Å². The fraction of sp³-hybridized carbons (Fsp3) is 0.316. The number of thioether (sulfide) groups is 1. The molecule has 0 aliphatic rings. The minimum Gasteiger partial charge on any atom is -0.355 e. The average molecular weight is 387 g/mol. The van der Waals surface area contributed by atoms with E-state index in [9.17, 15) is 4.79 Å². The van der Waals surface area contributed by atoms with Gasteiger partial charge in [0.15, 0.2) is 11.0 Å². The second-order valence-electron chi connectivity index (χ2n) is 5.80. The Morgan fingerprint density at radius 2 is 2.00 bits per heavy atom. The van der Waals surface area contributed by atoms with Crippen LogP contribution in [-0.4, -0.2) is 33.0 Å². The van der Waals surface area contributed by atoms with Crippen molar-refractivity contribution in [3.8, 4) is 16.4 Å². The SMILES string of the molecule is CCCCCNC(=O)CSc1nnc(-c2cccs2)n1-c1ccccc1. The van der Waals surface area contributed by atoms with E-state index in [2.05, 4.69) is 22.4 Å². The van der Waals surface area contributed by atoms with Crippen molar-refractivity contribution in [2.75, 3.05) is 12.3 Å². The Kier molecular flexibility index (Phi) is 6.85. The molecule has 1 N–H and O–H groups in total. The van der Waals surface area contributed by atoms with Crippen LogP contribution in [0.2, 0.25) is 0 Å². The largest absolute Gasteiger partial charge is 0.355 e. The number of nitrogens with one attached hydrogen (secondary N) is 1. The second-order valence-corrected chi connectivity index (χ2v) is 7.69. The molecule has 7 heteroatoms. The van der Waals surface area contributed by atoms with Crippen LogP contribution in [0.25, 0.3) is 16.4 Å². The lowest BCUT2D eigenvalue weighted by Crippen LogP contribution is -2.26. The van der Waals surface area contributed by atoms with E-state index in [4.69, 9.17) is 0 Å². The summed E-state index contributed by atoms with van der Waals surface area (Å²) in [5.74, 6) is 1.17. The number of nitrogens with zero attached hydrogens (tertiary/aromatic N) is 3. The minimum atomic E-state index is 0.0337. The van der Waals surface area contributed by atoms with Crippen LogP contribution in [0, 0.1) is 0 Å². The lowest BCUT2D eigenvalue weighted by atomic mass is 10.2. The van der Waals surface area contributed by atoms with Crippen LogP contribution >= 0.6 is 23.1 Å². The molecule has 0 radical (unpaired) electrons. The highest BCUT2D eigenvalue weighted by molar-refractivity contribution is 7.99. The zero-order valence-electron chi connectivity index (χ0n) is 14.7. The van der Waals surface area contributed by atoms with E-state index in [1.54, 1.807) is 11.3 Å². The molecule has 1 amide bonds. The standard InChI is InChI=1S/C19H22N4OS2/c1-2-3-7-12-20-17(24)14-26-19-22-21-18(16-11-8-13-25-16)23(19)15-9-5-4-6-10-15/h4-6,8-11,13H,2-3,7,12,14H2,1H3,(H,20,24). The van der Waals surface area contributed by atoms with Gasteiger partial charge < -0.3 is 5.32 Å². The molecule has 5 nitrogen and oxygen atoms in total. The van der Waals surface area contributed by atoms with Crippen LogP contribution < -0.4 is 5.32 Å². The summed E-state index contributed by atoms with van der Waals surface area (Å²) in [7, 11) is 0. The molecule has 0 spiro atoms. The van der Waals surface area contributed by atoms with Gasteiger partial charge in [-0.25, -0.2) is 0 Å². The molecule has 2 aromatic heterocycles. The topological polar surface area (TPSA) is 59.8 Å². The number of carbonyl (C=O) groups excluding carboxylic acids is 1. The number of aromatic nitrogens is 3. The summed E-state index contributed by atoms with van der Waals surface area (Å²) in [6.07, 6.45) is 3.31. The van der Waals surface area contributed by atoms with Crippen molar-refractivity contribution in [2.24, 2.45) is 0 Å². The fourth-order valence-electron chi connectivity index (χ4n) is 2.52. The van der Waals surface area contributed by atoms with Crippen LogP contribution in [0.4, 0.5) is 0 Å². The first-order chi connectivity index (χ1) is 12.8. The lowest BCUT2D eigenvalue weighted by molar-refractivity contribution is -0.118. The molecule has 0 aliphatic carbocycles. The molecule has 0 unspecified atom stereocenters. The Labute approximate surface area is 161 Å². The van der Waals surface area contributed by atoms with Crippen molar-refractivity contribution in [1.82, 2.24) is 20.1 Å². The molecule has 0 bridgehead atoms. The molecule has 0 saturated carbocycles. The number of benzene rings is 1. The van der Waals surface area contributed by atoms with Gasteiger partial charge in [-0.2, -0.15) is 0 Å². The van der Waals surface area contributed by atoms with Gasteiger partial charge in [-0.1, -0.05) is 55.8 Å². The van der Waals surface area contributed by atoms with Crippen molar-refractivity contribution in [2.45, 2.75) is 31.3 Å². The third-order valence-corrected chi connectivity index (χ3v) is 5.62. The molecular weight excluding hydrogens is 364 g/mol. The third kappa shape index (κ3) is 4.74. The van der Waals surface area contributed by atoms with Gasteiger partial charge in [-0.15, -0.1) is 21.5 Å². The highest BCUT2D eigenvalue weighted by Gasteiger charge is 2.17. The van der Waals surface area contributed by atoms with E-state index >= 15 is 0 Å². The maximum Gasteiger partial charge on any atom is 0.230 e. The van der Waals surface area contributed by atoms with E-state index < -0.39 is 0 Å². The first-order valence-electron chi connectivity index (χ1n) is 8.74. The van der Waals surface area contributed by atoms with Crippen molar-refractivity contribution in [1.29, 1.82) is 0 Å². The Bertz CT molecular complexity index is 815. The molecule has 0 saturated heterocycles. The number of amides is 1. The molecule has 2 heterocycles. The summed E-state index contributed by atoms with van der Waals surface area (Å²) in [5.41, 5.74) is 0.992. The van der Waals surface area contributed by atoms with E-state index in [-0.39, 0.29) is 5.91 Å². The zero-order chi connectivity index (χ0) is 18.2. The molecule has 0 aliphatic heterocycles. The first-order valence-corrected chi connectivity index (χ1v) is 10.6. The van der Waals surface area contributed by atoms with Crippen LogP contribution in [0.5, 0.6) is 0 Å². The molecule has 0 atom stereocenters. The average Bonchev–Trinajstić information content (AvgIpc) is 3.33. The Morgan fingerprint density at radius 3 is 2.73 bits per heavy atom. The Balaban J connectivity index is 1.74. The van der Waals surface area contributed by atoms with Gasteiger partial charge in [0.1, 0.15) is 0 Å². The number of hydrogen-bond acceptors (Lipinski definition) is 5. The zero-order valence-corrected chi connectivity index (χ0v) is 16.4. The van der Waals surface area contributed by atoms with Crippen LogP contribution in [0.15, 0.2) is 53.0 Å². The van der Waals surface area contributed by atoms with Crippen molar-refractivity contribution < 1.29 is 4.79 Å². The molecule has 3 aromatic rings. The number of carbonyl (C=O) groups is 1. The highest BCUT2D eigenvalue weighted by atomic mass is 32.2.